The van der Waals surface area contributed by atoms with Crippen molar-refractivity contribution in [1.29, 1.82) is 0 Å². The lowest BCUT2D eigenvalue weighted by atomic mass is 10.1. The zero-order valence-corrected chi connectivity index (χ0v) is 12.3. The molecule has 20 heavy (non-hydrogen) atoms. The van der Waals surface area contributed by atoms with Gasteiger partial charge in [0.15, 0.2) is 0 Å². The number of sulfonamides is 1. The van der Waals surface area contributed by atoms with Crippen LogP contribution in [0.2, 0.25) is 0 Å². The van der Waals surface area contributed by atoms with E-state index in [1.807, 2.05) is 13.8 Å². The van der Waals surface area contributed by atoms with Crippen LogP contribution in [0.3, 0.4) is 0 Å². The molecule has 1 atom stereocenters. The van der Waals surface area contributed by atoms with Crippen molar-refractivity contribution in [1.82, 2.24) is 10.0 Å². The molecule has 5 nitrogen and oxygen atoms in total. The minimum Gasteiger partial charge on any atom is -0.368 e. The maximum atomic E-state index is 13.5. The lowest BCUT2D eigenvalue weighted by Gasteiger charge is -2.36. The zero-order valence-electron chi connectivity index (χ0n) is 11.5. The average molecular weight is 302 g/mol. The third-order valence-corrected chi connectivity index (χ3v) is 4.49. The molecule has 0 spiro atoms. The molecule has 1 aromatic rings. The van der Waals surface area contributed by atoms with E-state index >= 15 is 0 Å². The van der Waals surface area contributed by atoms with Crippen LogP contribution in [0, 0.1) is 5.82 Å². The molecule has 1 saturated heterocycles. The minimum absolute atomic E-state index is 0.104. The van der Waals surface area contributed by atoms with E-state index in [-0.39, 0.29) is 23.1 Å². The molecular formula is C13H19FN2O3S. The standard InChI is InChI=1S/C13H19FN2O3S/c1-13(2)9-15-7-10(19-13)8-16-20(17,18)12-6-4-3-5-11(12)14/h3-6,10,15-16H,7-9H2,1-2H3. The van der Waals surface area contributed by atoms with Crippen molar-refractivity contribution in [2.24, 2.45) is 0 Å². The summed E-state index contributed by atoms with van der Waals surface area (Å²) in [6.45, 7) is 5.23. The molecule has 1 unspecified atom stereocenters. The first kappa shape index (κ1) is 15.4. The molecular weight excluding hydrogens is 283 g/mol. The Morgan fingerprint density at radius 2 is 2.15 bits per heavy atom. The van der Waals surface area contributed by atoms with E-state index in [1.165, 1.54) is 18.2 Å². The normalized spacial score (nSPS) is 22.6. The Hall–Kier alpha value is -1.02. The van der Waals surface area contributed by atoms with Crippen molar-refractivity contribution in [3.05, 3.63) is 30.1 Å². The molecule has 2 rings (SSSR count). The van der Waals surface area contributed by atoms with E-state index in [1.54, 1.807) is 0 Å². The van der Waals surface area contributed by atoms with E-state index in [0.717, 1.165) is 6.07 Å². The Labute approximate surface area is 118 Å². The van der Waals surface area contributed by atoms with Gasteiger partial charge in [0.2, 0.25) is 10.0 Å². The fourth-order valence-corrected chi connectivity index (χ4v) is 3.27. The molecule has 0 aliphatic carbocycles. The SMILES string of the molecule is CC1(C)CNCC(CNS(=O)(=O)c2ccccc2F)O1. The summed E-state index contributed by atoms with van der Waals surface area (Å²) in [6, 6.07) is 5.29. The summed E-state index contributed by atoms with van der Waals surface area (Å²) in [6.07, 6.45) is -0.278. The fourth-order valence-electron chi connectivity index (χ4n) is 2.13. The van der Waals surface area contributed by atoms with Gasteiger partial charge in [0.1, 0.15) is 10.7 Å². The summed E-state index contributed by atoms with van der Waals surface area (Å²) >= 11 is 0. The van der Waals surface area contributed by atoms with Crippen LogP contribution in [-0.4, -0.2) is 39.8 Å². The van der Waals surface area contributed by atoms with Gasteiger partial charge in [0, 0.05) is 19.6 Å². The van der Waals surface area contributed by atoms with Gasteiger partial charge < -0.3 is 10.1 Å². The molecule has 112 valence electrons. The van der Waals surface area contributed by atoms with E-state index in [9.17, 15) is 12.8 Å². The highest BCUT2D eigenvalue weighted by Gasteiger charge is 2.29. The van der Waals surface area contributed by atoms with Crippen LogP contribution in [-0.2, 0) is 14.8 Å². The van der Waals surface area contributed by atoms with Crippen molar-refractivity contribution in [3.63, 3.8) is 0 Å². The smallest absolute Gasteiger partial charge is 0.243 e. The van der Waals surface area contributed by atoms with Gasteiger partial charge in [-0.25, -0.2) is 17.5 Å². The van der Waals surface area contributed by atoms with Crippen LogP contribution in [0.5, 0.6) is 0 Å². The lowest BCUT2D eigenvalue weighted by Crippen LogP contribution is -2.53. The van der Waals surface area contributed by atoms with Crippen LogP contribution in [0.4, 0.5) is 4.39 Å². The summed E-state index contributed by atoms with van der Waals surface area (Å²) in [5.41, 5.74) is -0.341. The molecule has 1 heterocycles. The predicted molar refractivity (Wildman–Crippen MR) is 73.4 cm³/mol. The zero-order chi connectivity index (χ0) is 14.8. The molecule has 1 aliphatic heterocycles. The van der Waals surface area contributed by atoms with Gasteiger partial charge in [-0.3, -0.25) is 0 Å². The first-order chi connectivity index (χ1) is 9.30. The average Bonchev–Trinajstić information content (AvgIpc) is 2.36. The fraction of sp³-hybridized carbons (Fsp3) is 0.538. The largest absolute Gasteiger partial charge is 0.368 e. The van der Waals surface area contributed by atoms with Gasteiger partial charge >= 0.3 is 0 Å². The monoisotopic (exact) mass is 302 g/mol. The summed E-state index contributed by atoms with van der Waals surface area (Å²) in [5, 5.41) is 3.18. The van der Waals surface area contributed by atoms with Gasteiger partial charge in [-0.1, -0.05) is 12.1 Å². The topological polar surface area (TPSA) is 67.4 Å². The van der Waals surface area contributed by atoms with Crippen LogP contribution < -0.4 is 10.0 Å². The summed E-state index contributed by atoms with van der Waals surface area (Å²) < 4.78 is 45.7. The second-order valence-corrected chi connectivity index (χ2v) is 7.15. The molecule has 7 heteroatoms. The molecule has 0 aromatic heterocycles. The first-order valence-electron chi connectivity index (χ1n) is 6.43. The number of nitrogens with one attached hydrogen (secondary N) is 2. The number of morpholine rings is 1. The van der Waals surface area contributed by atoms with Crippen molar-refractivity contribution in [3.8, 4) is 0 Å². The van der Waals surface area contributed by atoms with Crippen LogP contribution in [0.25, 0.3) is 0 Å². The highest BCUT2D eigenvalue weighted by molar-refractivity contribution is 7.89. The molecule has 1 aromatic carbocycles. The predicted octanol–water partition coefficient (Wildman–Crippen LogP) is 0.871. The Kier molecular flexibility index (Phi) is 4.43. The third kappa shape index (κ3) is 3.76. The maximum absolute atomic E-state index is 13.5. The number of benzene rings is 1. The molecule has 1 aliphatic rings. The Morgan fingerprint density at radius 1 is 1.45 bits per heavy atom. The molecule has 0 radical (unpaired) electrons. The van der Waals surface area contributed by atoms with Crippen LogP contribution >= 0.6 is 0 Å². The molecule has 1 fully saturated rings. The quantitative estimate of drug-likeness (QED) is 0.866. The second-order valence-electron chi connectivity index (χ2n) is 5.41. The Morgan fingerprint density at radius 3 is 2.80 bits per heavy atom. The minimum atomic E-state index is -3.86. The van der Waals surface area contributed by atoms with E-state index < -0.39 is 15.8 Å². The van der Waals surface area contributed by atoms with Crippen molar-refractivity contribution in [2.75, 3.05) is 19.6 Å². The second kappa shape index (κ2) is 5.77. The van der Waals surface area contributed by atoms with Gasteiger partial charge in [-0.2, -0.15) is 0 Å². The summed E-state index contributed by atoms with van der Waals surface area (Å²) in [4.78, 5) is -0.344. The van der Waals surface area contributed by atoms with Gasteiger partial charge in [0.05, 0.1) is 11.7 Å². The Bertz CT molecular complexity index is 575. The number of hydrogen-bond donors (Lipinski definition) is 2. The third-order valence-electron chi connectivity index (χ3n) is 3.04. The van der Waals surface area contributed by atoms with E-state index in [2.05, 4.69) is 10.0 Å². The Balaban J connectivity index is 2.02. The van der Waals surface area contributed by atoms with Gasteiger partial charge in [-0.15, -0.1) is 0 Å². The van der Waals surface area contributed by atoms with E-state index in [0.29, 0.717) is 13.1 Å². The maximum Gasteiger partial charge on any atom is 0.243 e. The van der Waals surface area contributed by atoms with Crippen molar-refractivity contribution < 1.29 is 17.5 Å². The summed E-state index contributed by atoms with van der Waals surface area (Å²) in [5.74, 6) is -0.761. The molecule has 0 saturated carbocycles. The van der Waals surface area contributed by atoms with Gasteiger partial charge in [-0.05, 0) is 26.0 Å². The van der Waals surface area contributed by atoms with Crippen LogP contribution in [0.1, 0.15) is 13.8 Å². The summed E-state index contributed by atoms with van der Waals surface area (Å²) in [7, 11) is -3.86. The highest BCUT2D eigenvalue weighted by Crippen LogP contribution is 2.16. The molecule has 0 bridgehead atoms. The molecule has 2 N–H and O–H groups in total. The van der Waals surface area contributed by atoms with E-state index in [4.69, 9.17) is 4.74 Å². The lowest BCUT2D eigenvalue weighted by molar-refractivity contribution is -0.0903. The van der Waals surface area contributed by atoms with Crippen LogP contribution in [0.15, 0.2) is 29.2 Å². The number of halogens is 1. The van der Waals surface area contributed by atoms with Crippen molar-refractivity contribution in [2.45, 2.75) is 30.4 Å². The highest BCUT2D eigenvalue weighted by atomic mass is 32.2. The van der Waals surface area contributed by atoms with Crippen molar-refractivity contribution >= 4 is 10.0 Å². The van der Waals surface area contributed by atoms with Gasteiger partial charge in [0.25, 0.3) is 0 Å². The number of hydrogen-bond acceptors (Lipinski definition) is 4. The first-order valence-corrected chi connectivity index (χ1v) is 7.91. The number of rotatable bonds is 4. The molecule has 0 amide bonds. The number of ether oxygens (including phenoxy) is 1.